The first kappa shape index (κ1) is 24.9. The Morgan fingerprint density at radius 1 is 1.26 bits per heavy atom. The molecule has 3 aromatic rings. The van der Waals surface area contributed by atoms with Crippen LogP contribution in [-0.2, 0) is 13.6 Å². The third-order valence-electron chi connectivity index (χ3n) is 5.50. The highest BCUT2D eigenvalue weighted by Gasteiger charge is 2.20. The summed E-state index contributed by atoms with van der Waals surface area (Å²) in [5.74, 6) is 0.709. The van der Waals surface area contributed by atoms with Crippen LogP contribution < -0.4 is 21.3 Å². The van der Waals surface area contributed by atoms with Crippen LogP contribution in [-0.4, -0.2) is 72.9 Å². The molecule has 3 N–H and O–H groups in total. The van der Waals surface area contributed by atoms with Gasteiger partial charge in [0.1, 0.15) is 18.5 Å². The number of imidazole rings is 1. The van der Waals surface area contributed by atoms with Crippen LogP contribution in [0.5, 0.6) is 5.75 Å². The second kappa shape index (κ2) is 10.9. The molecule has 0 spiro atoms. The summed E-state index contributed by atoms with van der Waals surface area (Å²) < 4.78 is 8.31. The average molecular weight is 476 g/mol. The lowest BCUT2D eigenvalue weighted by Crippen LogP contribution is -2.31. The molecule has 1 unspecified atom stereocenters. The number of hydrogen-bond acceptors (Lipinski definition) is 9. The van der Waals surface area contributed by atoms with E-state index in [9.17, 15) is 24.8 Å². The first-order valence-corrected chi connectivity index (χ1v) is 11.0. The number of likely N-dealkylation sites (N-methyl/N-ethyl adjacent to an activating group) is 1. The predicted molar refractivity (Wildman–Crippen MR) is 126 cm³/mol. The Kier molecular flexibility index (Phi) is 8.02. The summed E-state index contributed by atoms with van der Waals surface area (Å²) in [7, 11) is 1.51. The summed E-state index contributed by atoms with van der Waals surface area (Å²) in [6.45, 7) is 7.05. The van der Waals surface area contributed by atoms with Gasteiger partial charge in [-0.3, -0.25) is 24.5 Å². The minimum absolute atomic E-state index is 0.0294. The molecular formula is C21H29N7O6. The Morgan fingerprint density at radius 3 is 2.56 bits per heavy atom. The molecule has 13 heteroatoms. The van der Waals surface area contributed by atoms with Gasteiger partial charge in [-0.15, -0.1) is 0 Å². The van der Waals surface area contributed by atoms with E-state index < -0.39 is 22.3 Å². The number of hydrogen-bond donors (Lipinski definition) is 3. The number of aliphatic hydroxyl groups excluding tert-OH is 1. The Labute approximate surface area is 194 Å². The zero-order valence-electron chi connectivity index (χ0n) is 19.4. The van der Waals surface area contributed by atoms with Crippen molar-refractivity contribution in [3.8, 4) is 5.75 Å². The maximum absolute atomic E-state index is 12.6. The number of non-ortho nitro benzene ring substituents is 1. The monoisotopic (exact) mass is 475 g/mol. The number of nitrogens with one attached hydrogen (secondary N) is 2. The van der Waals surface area contributed by atoms with Gasteiger partial charge in [-0.1, -0.05) is 13.8 Å². The van der Waals surface area contributed by atoms with E-state index in [-0.39, 0.29) is 30.0 Å². The van der Waals surface area contributed by atoms with Crippen LogP contribution in [0.4, 0.5) is 11.6 Å². The molecule has 3 rings (SSSR count). The standard InChI is InChI=1S/C21H29N7O6/c1-4-26(5-2)11-10-22-20-23-18-17(19(30)24-21(31)25(18)3)27(20)12-15(29)13-34-16-8-6-14(7-9-16)28(32)33/h6-9,15,29H,4-5,10-13H2,1-3H3,(H,22,23)(H,24,30,31). The van der Waals surface area contributed by atoms with Crippen LogP contribution in [0, 0.1) is 10.1 Å². The highest BCUT2D eigenvalue weighted by Crippen LogP contribution is 2.19. The van der Waals surface area contributed by atoms with Crippen molar-refractivity contribution < 1.29 is 14.8 Å². The van der Waals surface area contributed by atoms with Crippen LogP contribution in [0.25, 0.3) is 11.2 Å². The lowest BCUT2D eigenvalue weighted by atomic mass is 10.3. The number of benzene rings is 1. The minimum Gasteiger partial charge on any atom is -0.491 e. The fourth-order valence-corrected chi connectivity index (χ4v) is 3.53. The second-order valence-corrected chi connectivity index (χ2v) is 7.71. The SMILES string of the molecule is CCN(CC)CCNc1nc2c(c(=O)[nH]c(=O)n2C)n1CC(O)COc1ccc([N+](=O)[O-])cc1. The molecule has 2 aromatic heterocycles. The Balaban J connectivity index is 1.80. The number of aromatic nitrogens is 4. The molecule has 13 nitrogen and oxygen atoms in total. The molecule has 0 bridgehead atoms. The molecule has 184 valence electrons. The molecule has 1 aromatic carbocycles. The second-order valence-electron chi connectivity index (χ2n) is 7.71. The van der Waals surface area contributed by atoms with Crippen molar-refractivity contribution in [2.24, 2.45) is 7.05 Å². The largest absolute Gasteiger partial charge is 0.491 e. The van der Waals surface area contributed by atoms with Crippen LogP contribution >= 0.6 is 0 Å². The van der Waals surface area contributed by atoms with Crippen molar-refractivity contribution in [2.45, 2.75) is 26.5 Å². The fraction of sp³-hybridized carbons (Fsp3) is 0.476. The molecule has 1 atom stereocenters. The van der Waals surface area contributed by atoms with Crippen molar-refractivity contribution in [2.75, 3.05) is 38.1 Å². The van der Waals surface area contributed by atoms with E-state index in [1.807, 2.05) is 0 Å². The molecule has 0 fully saturated rings. The van der Waals surface area contributed by atoms with Crippen LogP contribution in [0.1, 0.15) is 13.8 Å². The third kappa shape index (κ3) is 5.61. The van der Waals surface area contributed by atoms with Gasteiger partial charge >= 0.3 is 5.69 Å². The molecule has 0 aliphatic rings. The molecule has 0 aliphatic heterocycles. The maximum atomic E-state index is 12.6. The molecule has 0 amide bonds. The number of H-pyrrole nitrogens is 1. The first-order valence-electron chi connectivity index (χ1n) is 11.0. The van der Waals surface area contributed by atoms with Gasteiger partial charge in [-0.05, 0) is 25.2 Å². The van der Waals surface area contributed by atoms with Gasteiger partial charge in [0.2, 0.25) is 5.95 Å². The smallest absolute Gasteiger partial charge is 0.329 e. The molecule has 34 heavy (non-hydrogen) atoms. The Hall–Kier alpha value is -3.71. The first-order chi connectivity index (χ1) is 16.2. The normalized spacial score (nSPS) is 12.3. The third-order valence-corrected chi connectivity index (χ3v) is 5.50. The summed E-state index contributed by atoms with van der Waals surface area (Å²) in [5, 5.41) is 24.6. The highest BCUT2D eigenvalue weighted by atomic mass is 16.6. The number of nitrogens with zero attached hydrogens (tertiary/aromatic N) is 5. The van der Waals surface area contributed by atoms with Gasteiger partial charge in [0, 0.05) is 32.3 Å². The number of aliphatic hydroxyl groups is 1. The van der Waals surface area contributed by atoms with Crippen molar-refractivity contribution in [1.29, 1.82) is 0 Å². The van der Waals surface area contributed by atoms with E-state index in [1.165, 1.54) is 40.4 Å². The number of nitro benzene ring substituents is 1. The van der Waals surface area contributed by atoms with E-state index >= 15 is 0 Å². The molecule has 0 radical (unpaired) electrons. The molecule has 2 heterocycles. The van der Waals surface area contributed by atoms with Crippen LogP contribution in [0.15, 0.2) is 33.9 Å². The number of anilines is 1. The molecule has 0 saturated heterocycles. The number of aryl methyl sites for hydroxylation is 1. The van der Waals surface area contributed by atoms with Crippen molar-refractivity contribution in [3.63, 3.8) is 0 Å². The maximum Gasteiger partial charge on any atom is 0.329 e. The van der Waals surface area contributed by atoms with Crippen LogP contribution in [0.3, 0.4) is 0 Å². The number of ether oxygens (including phenoxy) is 1. The Bertz CT molecular complexity index is 1240. The number of rotatable bonds is 12. The van der Waals surface area contributed by atoms with E-state index in [4.69, 9.17) is 4.74 Å². The Morgan fingerprint density at radius 2 is 1.94 bits per heavy atom. The van der Waals surface area contributed by atoms with Crippen molar-refractivity contribution in [1.82, 2.24) is 24.0 Å². The summed E-state index contributed by atoms with van der Waals surface area (Å²) in [6.07, 6.45) is -1.03. The lowest BCUT2D eigenvalue weighted by Gasteiger charge is -2.19. The van der Waals surface area contributed by atoms with Crippen molar-refractivity contribution >= 4 is 22.8 Å². The number of aromatic amines is 1. The van der Waals surface area contributed by atoms with Gasteiger partial charge in [-0.25, -0.2) is 4.79 Å². The van der Waals surface area contributed by atoms with Crippen molar-refractivity contribution in [3.05, 3.63) is 55.2 Å². The number of nitro groups is 1. The fourth-order valence-electron chi connectivity index (χ4n) is 3.53. The minimum atomic E-state index is -1.03. The zero-order chi connectivity index (χ0) is 24.8. The van der Waals surface area contributed by atoms with Gasteiger partial charge in [0.25, 0.3) is 11.2 Å². The van der Waals surface area contributed by atoms with Gasteiger partial charge in [0.05, 0.1) is 11.5 Å². The van der Waals surface area contributed by atoms with E-state index in [0.717, 1.165) is 19.6 Å². The van der Waals surface area contributed by atoms with E-state index in [2.05, 4.69) is 34.0 Å². The van der Waals surface area contributed by atoms with E-state index in [1.54, 1.807) is 0 Å². The summed E-state index contributed by atoms with van der Waals surface area (Å²) >= 11 is 0. The lowest BCUT2D eigenvalue weighted by molar-refractivity contribution is -0.384. The summed E-state index contributed by atoms with van der Waals surface area (Å²) in [6, 6.07) is 5.50. The average Bonchev–Trinajstić information content (AvgIpc) is 3.18. The van der Waals surface area contributed by atoms with Gasteiger partial charge in [-0.2, -0.15) is 4.98 Å². The number of fused-ring (bicyclic) bond motifs is 1. The molecule has 0 saturated carbocycles. The summed E-state index contributed by atoms with van der Waals surface area (Å²) in [4.78, 5) is 43.8. The molecular weight excluding hydrogens is 446 g/mol. The predicted octanol–water partition coefficient (Wildman–Crippen LogP) is 0.525. The van der Waals surface area contributed by atoms with Crippen LogP contribution in [0.2, 0.25) is 0 Å². The zero-order valence-corrected chi connectivity index (χ0v) is 19.4. The molecule has 0 aliphatic carbocycles. The van der Waals surface area contributed by atoms with Gasteiger partial charge < -0.3 is 24.6 Å². The summed E-state index contributed by atoms with van der Waals surface area (Å²) in [5.41, 5.74) is -0.905. The highest BCUT2D eigenvalue weighted by molar-refractivity contribution is 5.74. The van der Waals surface area contributed by atoms with E-state index in [0.29, 0.717) is 18.2 Å². The quantitative estimate of drug-likeness (QED) is 0.251. The topological polar surface area (TPSA) is 161 Å². The van der Waals surface area contributed by atoms with Gasteiger partial charge in [0.15, 0.2) is 11.2 Å².